The number of carbonyl (C=O) groups excluding carboxylic acids is 3. The Morgan fingerprint density at radius 1 is 0.800 bits per heavy atom. The topological polar surface area (TPSA) is 142 Å². The molecule has 0 spiro atoms. The second kappa shape index (κ2) is 14.6. The van der Waals surface area contributed by atoms with Gasteiger partial charge in [-0.05, 0) is 41.5 Å². The molecule has 9 nitrogen and oxygen atoms in total. The van der Waals surface area contributed by atoms with Crippen molar-refractivity contribution in [2.75, 3.05) is 0 Å². The molecule has 3 aromatic carbocycles. The number of amides is 2. The molecule has 10 heteroatoms. The highest BCUT2D eigenvalue weighted by Gasteiger charge is 2.29. The fourth-order valence-electron chi connectivity index (χ4n) is 4.23. The Hall–Kier alpha value is -3.78. The molecular weight excluding hydrogens is 531 g/mol. The number of hydrogen-bond acceptors (Lipinski definition) is 5. The van der Waals surface area contributed by atoms with Crippen LogP contribution in [0.2, 0.25) is 0 Å². The lowest BCUT2D eigenvalue weighted by Gasteiger charge is -2.24. The minimum Gasteiger partial charge on any atom is -0.445 e. The van der Waals surface area contributed by atoms with E-state index in [0.717, 1.165) is 11.1 Å². The molecule has 0 fully saturated rings. The zero-order valence-electron chi connectivity index (χ0n) is 22.5. The number of ketones is 1. The van der Waals surface area contributed by atoms with Crippen molar-refractivity contribution >= 4 is 30.7 Å². The van der Waals surface area contributed by atoms with Crippen LogP contribution in [0, 0.1) is 5.92 Å². The second-order valence-corrected chi connectivity index (χ2v) is 11.5. The highest BCUT2D eigenvalue weighted by molar-refractivity contribution is 7.60. The summed E-state index contributed by atoms with van der Waals surface area (Å²) in [6, 6.07) is 22.1. The number of alkyl carbamates (subject to hydrolysis) is 1. The molecule has 0 aliphatic heterocycles. The van der Waals surface area contributed by atoms with E-state index in [2.05, 4.69) is 10.6 Å². The fraction of sp³-hybridized carbons (Fsp3) is 0.300. The lowest BCUT2D eigenvalue weighted by molar-refractivity contribution is -0.129. The minimum absolute atomic E-state index is 0.0385. The smallest absolute Gasteiger partial charge is 0.408 e. The molecule has 0 aromatic heterocycles. The average Bonchev–Trinajstić information content (AvgIpc) is 2.91. The number of rotatable bonds is 13. The molecule has 4 N–H and O–H groups in total. The number of hydrogen-bond donors (Lipinski definition) is 4. The van der Waals surface area contributed by atoms with Crippen LogP contribution in [0.4, 0.5) is 4.79 Å². The Balaban J connectivity index is 1.77. The normalized spacial score (nSPS) is 12.8. The summed E-state index contributed by atoms with van der Waals surface area (Å²) in [5, 5.41) is 5.17. The molecule has 3 aromatic rings. The molecule has 0 radical (unpaired) electrons. The van der Waals surface area contributed by atoms with Gasteiger partial charge in [0.15, 0.2) is 5.78 Å². The summed E-state index contributed by atoms with van der Waals surface area (Å²) in [7, 11) is -4.61. The average molecular weight is 567 g/mol. The molecule has 0 saturated carbocycles. The van der Waals surface area contributed by atoms with Crippen molar-refractivity contribution in [2.45, 2.75) is 51.8 Å². The Labute approximate surface area is 234 Å². The maximum absolute atomic E-state index is 13.5. The lowest BCUT2D eigenvalue weighted by Crippen LogP contribution is -2.53. The van der Waals surface area contributed by atoms with Gasteiger partial charge in [-0.1, -0.05) is 92.7 Å². The summed E-state index contributed by atoms with van der Waals surface area (Å²) >= 11 is 0. The Morgan fingerprint density at radius 2 is 1.38 bits per heavy atom. The van der Waals surface area contributed by atoms with Crippen LogP contribution in [0.1, 0.15) is 37.0 Å². The highest BCUT2D eigenvalue weighted by Crippen LogP contribution is 2.34. The van der Waals surface area contributed by atoms with E-state index < -0.39 is 37.5 Å². The quantitative estimate of drug-likeness (QED) is 0.231. The van der Waals surface area contributed by atoms with Crippen molar-refractivity contribution in [3.8, 4) is 0 Å². The lowest BCUT2D eigenvalue weighted by atomic mass is 9.96. The van der Waals surface area contributed by atoms with Gasteiger partial charge < -0.3 is 25.2 Å². The predicted molar refractivity (Wildman–Crippen MR) is 152 cm³/mol. The number of carbonyl (C=O) groups is 3. The maximum Gasteiger partial charge on any atom is 0.408 e. The zero-order valence-corrected chi connectivity index (χ0v) is 23.4. The first-order valence-corrected chi connectivity index (χ1v) is 14.6. The summed E-state index contributed by atoms with van der Waals surface area (Å²) in [5.41, 5.74) is 1.78. The third-order valence-corrected chi connectivity index (χ3v) is 7.25. The summed E-state index contributed by atoms with van der Waals surface area (Å²) in [6.07, 6.45) is -0.581. The first-order chi connectivity index (χ1) is 19.0. The van der Waals surface area contributed by atoms with E-state index in [4.69, 9.17) is 4.74 Å². The highest BCUT2D eigenvalue weighted by atomic mass is 31.2. The maximum atomic E-state index is 13.5. The molecule has 2 atom stereocenters. The van der Waals surface area contributed by atoms with Gasteiger partial charge >= 0.3 is 13.7 Å². The summed E-state index contributed by atoms with van der Waals surface area (Å²) in [6.45, 7) is 3.85. The van der Waals surface area contributed by atoms with Crippen molar-refractivity contribution < 1.29 is 33.5 Å². The monoisotopic (exact) mass is 566 g/mol. The van der Waals surface area contributed by atoms with Gasteiger partial charge in [0, 0.05) is 6.42 Å². The molecule has 0 unspecified atom stereocenters. The van der Waals surface area contributed by atoms with E-state index in [9.17, 15) is 28.7 Å². The van der Waals surface area contributed by atoms with Crippen LogP contribution in [0.15, 0.2) is 84.9 Å². The van der Waals surface area contributed by atoms with Gasteiger partial charge in [-0.2, -0.15) is 0 Å². The third kappa shape index (κ3) is 9.75. The fourth-order valence-corrected chi connectivity index (χ4v) is 5.04. The molecule has 3 rings (SSSR count). The third-order valence-electron chi connectivity index (χ3n) is 6.19. The van der Waals surface area contributed by atoms with E-state index in [-0.39, 0.29) is 36.2 Å². The molecule has 0 aliphatic rings. The van der Waals surface area contributed by atoms with E-state index in [1.807, 2.05) is 74.5 Å². The zero-order chi connectivity index (χ0) is 29.1. The van der Waals surface area contributed by atoms with Crippen LogP contribution in [-0.2, 0) is 38.3 Å². The molecular formula is C30H35N2O7P. The van der Waals surface area contributed by atoms with Gasteiger partial charge in [-0.25, -0.2) is 4.79 Å². The van der Waals surface area contributed by atoms with Crippen LogP contribution in [0.5, 0.6) is 0 Å². The van der Waals surface area contributed by atoms with Gasteiger partial charge in [0.1, 0.15) is 12.6 Å². The molecule has 0 heterocycles. The van der Waals surface area contributed by atoms with Crippen LogP contribution in [0.25, 0.3) is 0 Å². The first-order valence-electron chi connectivity index (χ1n) is 13.0. The van der Waals surface area contributed by atoms with Crippen molar-refractivity contribution in [2.24, 2.45) is 5.92 Å². The predicted octanol–water partition coefficient (Wildman–Crippen LogP) is 3.67. The molecule has 0 aliphatic carbocycles. The second-order valence-electron chi connectivity index (χ2n) is 9.95. The number of nitrogens with one attached hydrogen (secondary N) is 2. The van der Waals surface area contributed by atoms with Crippen LogP contribution in [-0.4, -0.2) is 39.7 Å². The standard InChI is InChI=1S/C30H35N2O7P/c1-21(2)17-26(32-30(35)39-20-23-13-7-4-8-14-23)29(34)31-25(18-22-11-5-3-6-12-22)27(33)19-24-15-9-10-16-28(24)40(36,37)38/h3-16,21,25-26H,17-20H2,1-2H3,(H,31,34)(H,32,35)(H2,36,37,38)/t25-,26-/m0/s1. The van der Waals surface area contributed by atoms with Crippen LogP contribution in [0.3, 0.4) is 0 Å². The Bertz CT molecular complexity index is 1330. The molecule has 0 bridgehead atoms. The first kappa shape index (κ1) is 30.8. The van der Waals surface area contributed by atoms with Crippen molar-refractivity contribution in [3.05, 3.63) is 102 Å². The van der Waals surface area contributed by atoms with Crippen LogP contribution < -0.4 is 15.9 Å². The number of ether oxygens (including phenoxy) is 1. The largest absolute Gasteiger partial charge is 0.445 e. The van der Waals surface area contributed by atoms with E-state index in [1.165, 1.54) is 18.2 Å². The molecule has 40 heavy (non-hydrogen) atoms. The van der Waals surface area contributed by atoms with Gasteiger partial charge in [0.2, 0.25) is 5.91 Å². The molecule has 212 valence electrons. The summed E-state index contributed by atoms with van der Waals surface area (Å²) in [5.74, 6) is -0.931. The van der Waals surface area contributed by atoms with Crippen LogP contribution >= 0.6 is 7.60 Å². The van der Waals surface area contributed by atoms with E-state index in [1.54, 1.807) is 6.07 Å². The molecule has 2 amide bonds. The van der Waals surface area contributed by atoms with Gasteiger partial charge in [-0.15, -0.1) is 0 Å². The van der Waals surface area contributed by atoms with Gasteiger partial charge in [0.05, 0.1) is 11.3 Å². The van der Waals surface area contributed by atoms with E-state index >= 15 is 0 Å². The van der Waals surface area contributed by atoms with Crippen molar-refractivity contribution in [1.29, 1.82) is 0 Å². The molecule has 0 saturated heterocycles. The van der Waals surface area contributed by atoms with Gasteiger partial charge in [0.25, 0.3) is 0 Å². The van der Waals surface area contributed by atoms with Crippen molar-refractivity contribution in [3.63, 3.8) is 0 Å². The SMILES string of the molecule is CC(C)C[C@H](NC(=O)OCc1ccccc1)C(=O)N[C@@H](Cc1ccccc1)C(=O)Cc1ccccc1P(=O)(O)O. The summed E-state index contributed by atoms with van der Waals surface area (Å²) in [4.78, 5) is 58.9. The Morgan fingerprint density at radius 3 is 1.98 bits per heavy atom. The van der Waals surface area contributed by atoms with Crippen molar-refractivity contribution in [1.82, 2.24) is 10.6 Å². The number of Topliss-reactive ketones (excluding diaryl/α,β-unsaturated/α-hetero) is 1. The minimum atomic E-state index is -4.61. The Kier molecular flexibility index (Phi) is 11.2. The summed E-state index contributed by atoms with van der Waals surface area (Å²) < 4.78 is 17.3. The van der Waals surface area contributed by atoms with E-state index in [0.29, 0.717) is 6.42 Å². The van der Waals surface area contributed by atoms with Gasteiger partial charge in [-0.3, -0.25) is 14.2 Å². The number of benzene rings is 3.